The Labute approximate surface area is 130 Å². The standard InChI is InChI=1S/C16H18Cl2N2/c1-12(13-6-3-2-4-7-13)19-10-11-20-15-9-5-8-14(17)16(15)18/h2-9,12,19-20H,10-11H2,1H3. The van der Waals surface area contributed by atoms with Crippen LogP contribution in [0.15, 0.2) is 48.5 Å². The number of nitrogens with one attached hydrogen (secondary N) is 2. The van der Waals surface area contributed by atoms with Gasteiger partial charge in [0.25, 0.3) is 0 Å². The zero-order valence-electron chi connectivity index (χ0n) is 11.4. The first-order valence-electron chi connectivity index (χ1n) is 6.64. The Morgan fingerprint density at radius 1 is 0.950 bits per heavy atom. The Hall–Kier alpha value is -1.22. The Morgan fingerprint density at radius 3 is 2.45 bits per heavy atom. The van der Waals surface area contributed by atoms with Crippen LogP contribution in [0, 0.1) is 0 Å². The molecule has 4 heteroatoms. The zero-order valence-corrected chi connectivity index (χ0v) is 12.9. The normalized spacial score (nSPS) is 12.2. The van der Waals surface area contributed by atoms with Crippen molar-refractivity contribution in [3.8, 4) is 0 Å². The van der Waals surface area contributed by atoms with E-state index in [1.165, 1.54) is 5.56 Å². The summed E-state index contributed by atoms with van der Waals surface area (Å²) < 4.78 is 0. The Kier molecular flexibility index (Phi) is 5.72. The summed E-state index contributed by atoms with van der Waals surface area (Å²) in [5.41, 5.74) is 2.15. The number of rotatable bonds is 6. The molecule has 0 aromatic heterocycles. The molecule has 2 aromatic carbocycles. The molecule has 1 unspecified atom stereocenters. The van der Waals surface area contributed by atoms with Gasteiger partial charge < -0.3 is 10.6 Å². The van der Waals surface area contributed by atoms with Gasteiger partial charge in [-0.25, -0.2) is 0 Å². The van der Waals surface area contributed by atoms with Crippen LogP contribution in [0.3, 0.4) is 0 Å². The van der Waals surface area contributed by atoms with E-state index in [9.17, 15) is 0 Å². The number of anilines is 1. The van der Waals surface area contributed by atoms with Gasteiger partial charge in [0.05, 0.1) is 15.7 Å². The minimum Gasteiger partial charge on any atom is -0.383 e. The number of hydrogen-bond acceptors (Lipinski definition) is 2. The van der Waals surface area contributed by atoms with E-state index >= 15 is 0 Å². The van der Waals surface area contributed by atoms with Crippen LogP contribution in [-0.4, -0.2) is 13.1 Å². The van der Waals surface area contributed by atoms with E-state index in [0.29, 0.717) is 16.1 Å². The van der Waals surface area contributed by atoms with Gasteiger partial charge >= 0.3 is 0 Å². The molecular weight excluding hydrogens is 291 g/mol. The molecule has 0 aliphatic carbocycles. The third-order valence-electron chi connectivity index (χ3n) is 3.14. The lowest BCUT2D eigenvalue weighted by atomic mass is 10.1. The van der Waals surface area contributed by atoms with Crippen molar-refractivity contribution in [1.82, 2.24) is 5.32 Å². The highest BCUT2D eigenvalue weighted by Gasteiger charge is 2.05. The average Bonchev–Trinajstić information content (AvgIpc) is 2.48. The van der Waals surface area contributed by atoms with Gasteiger partial charge in [-0.05, 0) is 24.6 Å². The van der Waals surface area contributed by atoms with Gasteiger partial charge in [0.2, 0.25) is 0 Å². The van der Waals surface area contributed by atoms with Gasteiger partial charge in [0.15, 0.2) is 0 Å². The SMILES string of the molecule is CC(NCCNc1cccc(Cl)c1Cl)c1ccccc1. The summed E-state index contributed by atoms with van der Waals surface area (Å²) in [7, 11) is 0. The number of benzene rings is 2. The fraction of sp³-hybridized carbons (Fsp3) is 0.250. The van der Waals surface area contributed by atoms with Crippen molar-refractivity contribution in [3.05, 3.63) is 64.1 Å². The highest BCUT2D eigenvalue weighted by atomic mass is 35.5. The molecule has 2 rings (SSSR count). The molecule has 0 fully saturated rings. The topological polar surface area (TPSA) is 24.1 Å². The van der Waals surface area contributed by atoms with Gasteiger partial charge in [-0.1, -0.05) is 59.6 Å². The molecule has 0 amide bonds. The van der Waals surface area contributed by atoms with E-state index in [0.717, 1.165) is 18.8 Å². The lowest BCUT2D eigenvalue weighted by Crippen LogP contribution is -2.25. The predicted molar refractivity (Wildman–Crippen MR) is 87.8 cm³/mol. The molecule has 0 aliphatic rings. The first-order chi connectivity index (χ1) is 9.68. The van der Waals surface area contributed by atoms with Crippen LogP contribution in [0.5, 0.6) is 0 Å². The predicted octanol–water partition coefficient (Wildman–Crippen LogP) is 4.76. The molecule has 0 bridgehead atoms. The van der Waals surface area contributed by atoms with Crippen LogP contribution in [0.25, 0.3) is 0 Å². The van der Waals surface area contributed by atoms with Gasteiger partial charge in [0, 0.05) is 19.1 Å². The molecule has 0 radical (unpaired) electrons. The number of halogens is 2. The van der Waals surface area contributed by atoms with E-state index in [4.69, 9.17) is 23.2 Å². The summed E-state index contributed by atoms with van der Waals surface area (Å²) in [4.78, 5) is 0. The van der Waals surface area contributed by atoms with Crippen LogP contribution in [0.4, 0.5) is 5.69 Å². The van der Waals surface area contributed by atoms with Crippen LogP contribution >= 0.6 is 23.2 Å². The third-order valence-corrected chi connectivity index (χ3v) is 3.96. The fourth-order valence-electron chi connectivity index (χ4n) is 1.99. The molecule has 0 saturated heterocycles. The summed E-state index contributed by atoms with van der Waals surface area (Å²) in [6.07, 6.45) is 0. The van der Waals surface area contributed by atoms with Crippen molar-refractivity contribution in [2.75, 3.05) is 18.4 Å². The number of hydrogen-bond donors (Lipinski definition) is 2. The van der Waals surface area contributed by atoms with Crippen molar-refractivity contribution in [1.29, 1.82) is 0 Å². The fourth-order valence-corrected chi connectivity index (χ4v) is 2.35. The summed E-state index contributed by atoms with van der Waals surface area (Å²) in [6.45, 7) is 3.79. The van der Waals surface area contributed by atoms with Crippen LogP contribution < -0.4 is 10.6 Å². The molecule has 2 aromatic rings. The van der Waals surface area contributed by atoms with Crippen molar-refractivity contribution in [3.63, 3.8) is 0 Å². The Morgan fingerprint density at radius 2 is 1.70 bits per heavy atom. The third kappa shape index (κ3) is 4.14. The van der Waals surface area contributed by atoms with Gasteiger partial charge in [-0.3, -0.25) is 0 Å². The Bertz CT molecular complexity index is 543. The second kappa shape index (κ2) is 7.53. The maximum atomic E-state index is 6.12. The minimum absolute atomic E-state index is 0.327. The van der Waals surface area contributed by atoms with E-state index in [-0.39, 0.29) is 0 Å². The molecule has 2 N–H and O–H groups in total. The smallest absolute Gasteiger partial charge is 0.0823 e. The highest BCUT2D eigenvalue weighted by molar-refractivity contribution is 6.43. The zero-order chi connectivity index (χ0) is 14.4. The lowest BCUT2D eigenvalue weighted by molar-refractivity contribution is 0.588. The molecular formula is C16H18Cl2N2. The minimum atomic E-state index is 0.327. The van der Waals surface area contributed by atoms with Crippen LogP contribution in [-0.2, 0) is 0 Å². The summed E-state index contributed by atoms with van der Waals surface area (Å²) in [5, 5.41) is 7.89. The molecule has 0 aliphatic heterocycles. The van der Waals surface area contributed by atoms with Crippen molar-refractivity contribution < 1.29 is 0 Å². The van der Waals surface area contributed by atoms with Crippen molar-refractivity contribution >= 4 is 28.9 Å². The van der Waals surface area contributed by atoms with Gasteiger partial charge in [-0.15, -0.1) is 0 Å². The first kappa shape index (κ1) is 15.2. The highest BCUT2D eigenvalue weighted by Crippen LogP contribution is 2.29. The van der Waals surface area contributed by atoms with Crippen molar-refractivity contribution in [2.45, 2.75) is 13.0 Å². The summed E-state index contributed by atoms with van der Waals surface area (Å²) in [5.74, 6) is 0. The average molecular weight is 309 g/mol. The maximum absolute atomic E-state index is 6.12. The van der Waals surface area contributed by atoms with Crippen LogP contribution in [0.2, 0.25) is 10.0 Å². The van der Waals surface area contributed by atoms with Gasteiger partial charge in [-0.2, -0.15) is 0 Å². The monoisotopic (exact) mass is 308 g/mol. The largest absolute Gasteiger partial charge is 0.383 e. The molecule has 0 heterocycles. The molecule has 0 saturated carbocycles. The second-order valence-corrected chi connectivity index (χ2v) is 5.40. The first-order valence-corrected chi connectivity index (χ1v) is 7.40. The van der Waals surface area contributed by atoms with Gasteiger partial charge in [0.1, 0.15) is 0 Å². The van der Waals surface area contributed by atoms with E-state index < -0.39 is 0 Å². The van der Waals surface area contributed by atoms with E-state index in [2.05, 4.69) is 41.8 Å². The maximum Gasteiger partial charge on any atom is 0.0823 e. The lowest BCUT2D eigenvalue weighted by Gasteiger charge is -2.15. The van der Waals surface area contributed by atoms with Crippen LogP contribution in [0.1, 0.15) is 18.5 Å². The van der Waals surface area contributed by atoms with E-state index in [1.54, 1.807) is 6.07 Å². The molecule has 20 heavy (non-hydrogen) atoms. The molecule has 0 spiro atoms. The van der Waals surface area contributed by atoms with E-state index in [1.807, 2.05) is 18.2 Å². The summed E-state index contributed by atoms with van der Waals surface area (Å²) in [6, 6.07) is 16.3. The van der Waals surface area contributed by atoms with Crippen molar-refractivity contribution in [2.24, 2.45) is 0 Å². The molecule has 2 nitrogen and oxygen atoms in total. The molecule has 1 atom stereocenters. The summed E-state index contributed by atoms with van der Waals surface area (Å²) >= 11 is 12.1. The second-order valence-electron chi connectivity index (χ2n) is 4.61. The quantitative estimate of drug-likeness (QED) is 0.752. The molecule has 106 valence electrons. The Balaban J connectivity index is 1.78.